The van der Waals surface area contributed by atoms with Crippen LogP contribution in [0.5, 0.6) is 0 Å². The number of likely N-dealkylation sites (N-methyl/N-ethyl adjacent to an activating group) is 1. The first-order valence-corrected chi connectivity index (χ1v) is 13.0. The Morgan fingerprint density at radius 2 is 1.94 bits per heavy atom. The molecule has 2 atom stereocenters. The minimum atomic E-state index is -0.309. The average Bonchev–Trinajstić information content (AvgIpc) is 3.13. The van der Waals surface area contributed by atoms with Gasteiger partial charge in [-0.1, -0.05) is 25.3 Å². The summed E-state index contributed by atoms with van der Waals surface area (Å²) in [5.74, 6) is 0.767. The molecule has 0 radical (unpaired) electrons. The largest absolute Gasteiger partial charge is 0.390 e. The van der Waals surface area contributed by atoms with Crippen molar-refractivity contribution in [2.45, 2.75) is 76.0 Å². The maximum Gasteiger partial charge on any atom is 0.0791 e. The third-order valence-corrected chi connectivity index (χ3v) is 8.15. The molecule has 2 aromatic rings. The molecule has 1 aromatic carbocycles. The maximum atomic E-state index is 10.7. The Morgan fingerprint density at radius 3 is 2.75 bits per heavy atom. The van der Waals surface area contributed by atoms with Crippen LogP contribution in [0.4, 0.5) is 0 Å². The van der Waals surface area contributed by atoms with E-state index in [0.29, 0.717) is 12.6 Å². The normalized spacial score (nSPS) is 23.1. The molecule has 1 aromatic heterocycles. The molecule has 0 spiro atoms. The van der Waals surface area contributed by atoms with Crippen LogP contribution < -0.4 is 5.32 Å². The Morgan fingerprint density at radius 1 is 1.09 bits per heavy atom. The van der Waals surface area contributed by atoms with E-state index in [4.69, 9.17) is 0 Å². The number of nitrogens with zero attached hydrogens (tertiary/aromatic N) is 3. The van der Waals surface area contributed by atoms with Gasteiger partial charge in [0, 0.05) is 55.9 Å². The number of rotatable bonds is 8. The molecule has 5 rings (SSSR count). The number of fused-ring (bicyclic) bond motifs is 3. The van der Waals surface area contributed by atoms with E-state index in [2.05, 4.69) is 52.0 Å². The summed E-state index contributed by atoms with van der Waals surface area (Å²) >= 11 is 0. The highest BCUT2D eigenvalue weighted by molar-refractivity contribution is 5.87. The van der Waals surface area contributed by atoms with Crippen molar-refractivity contribution in [3.05, 3.63) is 35.0 Å². The number of hydrogen-bond donors (Lipinski definition) is 2. The molecule has 3 aliphatic rings. The minimum Gasteiger partial charge on any atom is -0.390 e. The second-order valence-corrected chi connectivity index (χ2v) is 10.7. The van der Waals surface area contributed by atoms with Crippen LogP contribution in [0.1, 0.15) is 73.7 Å². The van der Waals surface area contributed by atoms with Gasteiger partial charge in [0.1, 0.15) is 0 Å². The van der Waals surface area contributed by atoms with Crippen molar-refractivity contribution in [1.82, 2.24) is 19.7 Å². The van der Waals surface area contributed by atoms with Gasteiger partial charge in [-0.15, -0.1) is 0 Å². The molecular weight excluding hydrogens is 396 g/mol. The van der Waals surface area contributed by atoms with Gasteiger partial charge in [-0.3, -0.25) is 4.90 Å². The van der Waals surface area contributed by atoms with Crippen LogP contribution in [0.15, 0.2) is 18.2 Å². The molecule has 0 saturated heterocycles. The highest BCUT2D eigenvalue weighted by Crippen LogP contribution is 2.44. The molecule has 1 saturated carbocycles. The quantitative estimate of drug-likeness (QED) is 0.614. The van der Waals surface area contributed by atoms with E-state index in [9.17, 15) is 5.11 Å². The summed E-state index contributed by atoms with van der Waals surface area (Å²) in [6.07, 6.45) is 10.3. The van der Waals surface area contributed by atoms with E-state index in [-0.39, 0.29) is 6.10 Å². The Bertz CT molecular complexity index is 914. The number of aliphatic hydroxyl groups excluding tert-OH is 1. The summed E-state index contributed by atoms with van der Waals surface area (Å²) in [7, 11) is 4.17. The van der Waals surface area contributed by atoms with Crippen LogP contribution in [0, 0.1) is 0 Å². The molecule has 32 heavy (non-hydrogen) atoms. The number of aryl methyl sites for hydroxylation is 1. The topological polar surface area (TPSA) is 43.7 Å². The van der Waals surface area contributed by atoms with Gasteiger partial charge in [0.15, 0.2) is 0 Å². The fraction of sp³-hybridized carbons (Fsp3) is 0.704. The van der Waals surface area contributed by atoms with Crippen LogP contribution in [-0.2, 0) is 13.0 Å². The van der Waals surface area contributed by atoms with Gasteiger partial charge >= 0.3 is 0 Å². The Labute approximate surface area is 193 Å². The van der Waals surface area contributed by atoms with Crippen molar-refractivity contribution in [3.63, 3.8) is 0 Å². The summed E-state index contributed by atoms with van der Waals surface area (Å²) in [6, 6.07) is 7.88. The Balaban J connectivity index is 1.34. The van der Waals surface area contributed by atoms with Crippen molar-refractivity contribution in [3.8, 4) is 0 Å². The first-order valence-electron chi connectivity index (χ1n) is 13.0. The molecule has 1 fully saturated rings. The molecule has 2 N–H and O–H groups in total. The number of β-amino-alcohol motifs (C(OH)–C–C–N with tert-alkyl or cyclic N) is 1. The molecule has 0 amide bonds. The Kier molecular flexibility index (Phi) is 6.89. The van der Waals surface area contributed by atoms with E-state index in [1.807, 2.05) is 0 Å². The lowest BCUT2D eigenvalue weighted by Gasteiger charge is -2.40. The third kappa shape index (κ3) is 4.50. The predicted molar refractivity (Wildman–Crippen MR) is 132 cm³/mol. The van der Waals surface area contributed by atoms with Gasteiger partial charge in [0.2, 0.25) is 0 Å². The molecule has 5 heteroatoms. The van der Waals surface area contributed by atoms with Gasteiger partial charge in [-0.25, -0.2) is 0 Å². The van der Waals surface area contributed by atoms with Gasteiger partial charge in [-0.2, -0.15) is 0 Å². The van der Waals surface area contributed by atoms with Crippen LogP contribution >= 0.6 is 0 Å². The summed E-state index contributed by atoms with van der Waals surface area (Å²) in [6.45, 7) is 5.47. The van der Waals surface area contributed by atoms with Gasteiger partial charge in [0.05, 0.1) is 12.1 Å². The fourth-order valence-corrected chi connectivity index (χ4v) is 6.51. The number of nitrogens with one attached hydrogen (secondary N) is 1. The highest BCUT2D eigenvalue weighted by Gasteiger charge is 2.35. The van der Waals surface area contributed by atoms with E-state index < -0.39 is 0 Å². The molecule has 0 bridgehead atoms. The lowest BCUT2D eigenvalue weighted by Crippen LogP contribution is -2.46. The van der Waals surface area contributed by atoms with E-state index in [1.165, 1.54) is 62.3 Å². The standard InChI is InChI=1S/C27H42N4O/c1-29(2)14-13-28-18-22(32)19-30-15-16-31-25-12-11-21(20-7-4-3-5-8-20)17-24(25)23-9-6-10-26(30)27(23)31/h11-12,17,20,22,26,28,32H,3-10,13-16,18-19H2,1-2H3/t22-,26+/m0/s1. The molecule has 2 aliphatic carbocycles. The summed E-state index contributed by atoms with van der Waals surface area (Å²) in [4.78, 5) is 4.74. The van der Waals surface area contributed by atoms with Crippen molar-refractivity contribution >= 4 is 10.9 Å². The fourth-order valence-electron chi connectivity index (χ4n) is 6.51. The lowest BCUT2D eigenvalue weighted by molar-refractivity contribution is 0.0640. The first kappa shape index (κ1) is 22.4. The highest BCUT2D eigenvalue weighted by atomic mass is 16.3. The summed E-state index contributed by atoms with van der Waals surface area (Å²) < 4.78 is 2.62. The average molecular weight is 439 g/mol. The van der Waals surface area contributed by atoms with Crippen molar-refractivity contribution < 1.29 is 5.11 Å². The van der Waals surface area contributed by atoms with E-state index in [1.54, 1.807) is 16.8 Å². The molecule has 2 heterocycles. The number of hydrogen-bond acceptors (Lipinski definition) is 4. The molecule has 5 nitrogen and oxygen atoms in total. The Hall–Kier alpha value is -1.40. The van der Waals surface area contributed by atoms with Crippen molar-refractivity contribution in [2.75, 3.05) is 46.8 Å². The van der Waals surface area contributed by atoms with Crippen molar-refractivity contribution in [2.24, 2.45) is 0 Å². The zero-order valence-corrected chi connectivity index (χ0v) is 20.2. The minimum absolute atomic E-state index is 0.309. The van der Waals surface area contributed by atoms with Gasteiger partial charge in [-0.05, 0) is 75.4 Å². The molecule has 0 unspecified atom stereocenters. The van der Waals surface area contributed by atoms with Crippen LogP contribution in [0.25, 0.3) is 10.9 Å². The third-order valence-electron chi connectivity index (χ3n) is 8.15. The zero-order chi connectivity index (χ0) is 22.1. The van der Waals surface area contributed by atoms with Crippen LogP contribution in [0.2, 0.25) is 0 Å². The first-order chi connectivity index (χ1) is 15.6. The number of aliphatic hydroxyl groups is 1. The number of aromatic nitrogens is 1. The zero-order valence-electron chi connectivity index (χ0n) is 20.2. The summed E-state index contributed by atoms with van der Waals surface area (Å²) in [5.41, 5.74) is 6.20. The van der Waals surface area contributed by atoms with Gasteiger partial charge < -0.3 is 19.9 Å². The monoisotopic (exact) mass is 438 g/mol. The van der Waals surface area contributed by atoms with E-state index >= 15 is 0 Å². The second-order valence-electron chi connectivity index (χ2n) is 10.7. The second kappa shape index (κ2) is 9.84. The predicted octanol–water partition coefficient (Wildman–Crippen LogP) is 3.89. The maximum absolute atomic E-state index is 10.7. The molecular formula is C27H42N4O. The number of benzene rings is 1. The smallest absolute Gasteiger partial charge is 0.0791 e. The van der Waals surface area contributed by atoms with Gasteiger partial charge in [0.25, 0.3) is 0 Å². The van der Waals surface area contributed by atoms with E-state index in [0.717, 1.165) is 38.6 Å². The molecule has 176 valence electrons. The lowest BCUT2D eigenvalue weighted by atomic mass is 9.83. The van der Waals surface area contributed by atoms with Crippen LogP contribution in [-0.4, -0.2) is 72.4 Å². The SMILES string of the molecule is CN(C)CCNC[C@H](O)CN1CCn2c3c(c4cc(C5CCCCC5)ccc42)CCC[C@H]31. The van der Waals surface area contributed by atoms with Crippen LogP contribution in [0.3, 0.4) is 0 Å². The van der Waals surface area contributed by atoms with Crippen molar-refractivity contribution in [1.29, 1.82) is 0 Å². The summed E-state index contributed by atoms with van der Waals surface area (Å²) in [5, 5.41) is 15.7. The molecule has 1 aliphatic heterocycles.